The Bertz CT molecular complexity index is 4470. The Morgan fingerprint density at radius 2 is 0.689 bits per heavy atom. The molecule has 0 N–H and O–H groups in total. The summed E-state index contributed by atoms with van der Waals surface area (Å²) in [5.74, 6) is 0. The lowest BCUT2D eigenvalue weighted by Gasteiger charge is -2.24. The average Bonchev–Trinajstić information content (AvgIpc) is 4.34. The maximum absolute atomic E-state index is 2.55. The predicted octanol–water partition coefficient (Wildman–Crippen LogP) is 20.5. The zero-order valence-corrected chi connectivity index (χ0v) is 42.3. The van der Waals surface area contributed by atoms with Crippen molar-refractivity contribution >= 4 is 113 Å². The Morgan fingerprint density at radius 1 is 0.284 bits per heavy atom. The minimum absolute atomic E-state index is 1.11. The van der Waals surface area contributed by atoms with Gasteiger partial charge in [0.2, 0.25) is 0 Å². The van der Waals surface area contributed by atoms with E-state index >= 15 is 0 Å². The van der Waals surface area contributed by atoms with Crippen LogP contribution in [0.1, 0.15) is 0 Å². The van der Waals surface area contributed by atoms with E-state index in [0.29, 0.717) is 0 Å². The predicted molar refractivity (Wildman–Crippen MR) is 320 cm³/mol. The van der Waals surface area contributed by atoms with Crippen LogP contribution in [0.5, 0.6) is 0 Å². The number of hydrogen-bond donors (Lipinski definition) is 0. The molecular formula is C68H43N3S3. The van der Waals surface area contributed by atoms with Crippen LogP contribution < -0.4 is 4.90 Å². The van der Waals surface area contributed by atoms with E-state index in [1.54, 1.807) is 0 Å². The van der Waals surface area contributed by atoms with Crippen LogP contribution in [0.15, 0.2) is 260 Å². The highest BCUT2D eigenvalue weighted by atomic mass is 32.1. The Balaban J connectivity index is 0.927. The molecule has 0 amide bonds. The molecule has 0 aliphatic heterocycles. The third-order valence-corrected chi connectivity index (χ3v) is 18.2. The van der Waals surface area contributed by atoms with Crippen LogP contribution in [0.2, 0.25) is 0 Å². The van der Waals surface area contributed by atoms with Crippen molar-refractivity contribution in [1.29, 1.82) is 0 Å². The summed E-state index contributed by atoms with van der Waals surface area (Å²) in [6, 6.07) is 93.3. The van der Waals surface area contributed by atoms with Crippen LogP contribution in [0, 0.1) is 0 Å². The number of anilines is 3. The number of thiophene rings is 3. The van der Waals surface area contributed by atoms with Gasteiger partial charge in [-0.2, -0.15) is 0 Å². The highest BCUT2D eigenvalue weighted by Gasteiger charge is 2.28. The van der Waals surface area contributed by atoms with Crippen LogP contribution in [-0.4, -0.2) is 9.13 Å². The summed E-state index contributed by atoms with van der Waals surface area (Å²) < 4.78 is 10.3. The van der Waals surface area contributed by atoms with Crippen molar-refractivity contribution in [1.82, 2.24) is 9.13 Å². The monoisotopic (exact) mass is 997 g/mol. The molecule has 0 unspecified atom stereocenters. The first kappa shape index (κ1) is 42.9. The molecule has 0 spiro atoms. The van der Waals surface area contributed by atoms with Gasteiger partial charge >= 0.3 is 0 Å². The maximum Gasteiger partial charge on any atom is 0.103 e. The molecule has 0 bridgehead atoms. The molecule has 10 aromatic carbocycles. The summed E-state index contributed by atoms with van der Waals surface area (Å²) >= 11 is 5.65. The van der Waals surface area contributed by atoms with Gasteiger partial charge in [0.1, 0.15) is 5.00 Å². The molecule has 15 rings (SSSR count). The van der Waals surface area contributed by atoms with E-state index in [9.17, 15) is 0 Å². The van der Waals surface area contributed by atoms with Crippen LogP contribution in [-0.2, 0) is 0 Å². The van der Waals surface area contributed by atoms with Gasteiger partial charge in [-0.25, -0.2) is 0 Å². The average molecular weight is 998 g/mol. The SMILES string of the molecule is c1ccc(-c2ccc(N(c3ccc(-c4ccccc4)cc3)c3cc4c(s3)c3sc5c6sccc6n(-c6ccc(-c7ccc8ccccc8c7)cc6)c5c3n4-c3ccc(-c4ccc5ccccc5c4)cc3)cc2)cc1. The second kappa shape index (κ2) is 17.5. The molecule has 6 heteroatoms. The van der Waals surface area contributed by atoms with E-state index in [2.05, 4.69) is 274 Å². The molecule has 0 fully saturated rings. The molecule has 0 saturated carbocycles. The number of hydrogen-bond acceptors (Lipinski definition) is 4. The smallest absolute Gasteiger partial charge is 0.103 e. The molecule has 0 atom stereocenters. The third-order valence-electron chi connectivity index (χ3n) is 14.6. The van der Waals surface area contributed by atoms with Crippen LogP contribution in [0.4, 0.5) is 16.4 Å². The van der Waals surface area contributed by atoms with E-state index in [1.165, 1.54) is 107 Å². The molecule has 0 aliphatic rings. The lowest BCUT2D eigenvalue weighted by Crippen LogP contribution is -2.08. The molecule has 0 aliphatic carbocycles. The van der Waals surface area contributed by atoms with Crippen LogP contribution >= 0.6 is 34.0 Å². The summed E-state index contributed by atoms with van der Waals surface area (Å²) in [4.78, 5) is 2.44. The van der Waals surface area contributed by atoms with Crippen molar-refractivity contribution in [2.75, 3.05) is 4.90 Å². The number of benzene rings is 10. The number of aromatic nitrogens is 2. The van der Waals surface area contributed by atoms with Gasteiger partial charge in [0, 0.05) is 22.7 Å². The molecule has 0 saturated heterocycles. The molecular weight excluding hydrogens is 955 g/mol. The fourth-order valence-electron chi connectivity index (χ4n) is 11.0. The lowest BCUT2D eigenvalue weighted by atomic mass is 10.0. The summed E-state index contributed by atoms with van der Waals surface area (Å²) in [6.45, 7) is 0. The first-order valence-corrected chi connectivity index (χ1v) is 27.5. The first-order valence-electron chi connectivity index (χ1n) is 25.0. The summed E-state index contributed by atoms with van der Waals surface area (Å²) in [7, 11) is 0. The standard InChI is InChI=1S/C68H43N3S3/c1-3-11-44(12-4-1)48-23-31-56(32-24-48)69(57-33-25-49(26-34-57)45-13-5-2-6-14-45)62-43-61-66(73-62)68-64(71(61)59-37-29-51(30-38-59)55-22-20-47-16-8-10-18-53(47)42-55)63-67(74-68)65-60(39-40-72-65)70(63)58-35-27-50(28-36-58)54-21-19-46-15-7-9-17-52(46)41-54/h1-43H. The number of nitrogens with zero attached hydrogens (tertiary/aromatic N) is 3. The van der Waals surface area contributed by atoms with Gasteiger partial charge in [0.05, 0.1) is 40.9 Å². The fourth-order valence-corrected chi connectivity index (χ4v) is 14.6. The van der Waals surface area contributed by atoms with Gasteiger partial charge in [-0.15, -0.1) is 34.0 Å². The molecule has 5 aromatic heterocycles. The molecule has 348 valence electrons. The molecule has 5 heterocycles. The second-order valence-electron chi connectivity index (χ2n) is 18.9. The largest absolute Gasteiger partial charge is 0.306 e. The third kappa shape index (κ3) is 7.13. The molecule has 0 radical (unpaired) electrons. The van der Waals surface area contributed by atoms with E-state index in [1.807, 2.05) is 34.0 Å². The van der Waals surface area contributed by atoms with Crippen molar-refractivity contribution in [3.63, 3.8) is 0 Å². The zero-order valence-electron chi connectivity index (χ0n) is 39.9. The fraction of sp³-hybridized carbons (Fsp3) is 0. The maximum atomic E-state index is 2.55. The highest BCUT2D eigenvalue weighted by molar-refractivity contribution is 7.34. The minimum Gasteiger partial charge on any atom is -0.306 e. The molecule has 15 aromatic rings. The normalized spacial score (nSPS) is 11.8. The molecule has 3 nitrogen and oxygen atoms in total. The molecule has 74 heavy (non-hydrogen) atoms. The van der Waals surface area contributed by atoms with Crippen molar-refractivity contribution < 1.29 is 0 Å². The van der Waals surface area contributed by atoms with Crippen molar-refractivity contribution in [3.05, 3.63) is 260 Å². The van der Waals surface area contributed by atoms with Gasteiger partial charge in [-0.05, 0) is 144 Å². The van der Waals surface area contributed by atoms with Gasteiger partial charge in [0.15, 0.2) is 0 Å². The first-order chi connectivity index (χ1) is 36.7. The lowest BCUT2D eigenvalue weighted by molar-refractivity contribution is 1.15. The van der Waals surface area contributed by atoms with Crippen molar-refractivity contribution in [3.8, 4) is 55.9 Å². The summed E-state index contributed by atoms with van der Waals surface area (Å²) in [6.07, 6.45) is 0. The minimum atomic E-state index is 1.11. The van der Waals surface area contributed by atoms with Crippen molar-refractivity contribution in [2.24, 2.45) is 0 Å². The van der Waals surface area contributed by atoms with Gasteiger partial charge in [-0.1, -0.05) is 182 Å². The van der Waals surface area contributed by atoms with Crippen LogP contribution in [0.3, 0.4) is 0 Å². The Hall–Kier alpha value is -8.78. The highest BCUT2D eigenvalue weighted by Crippen LogP contribution is 2.53. The topological polar surface area (TPSA) is 13.1 Å². The Kier molecular flexibility index (Phi) is 10.1. The van der Waals surface area contributed by atoms with Gasteiger partial charge in [-0.3, -0.25) is 0 Å². The summed E-state index contributed by atoms with van der Waals surface area (Å²) in [5, 5.41) is 8.40. The van der Waals surface area contributed by atoms with Crippen LogP contribution in [0.25, 0.3) is 118 Å². The van der Waals surface area contributed by atoms with Crippen molar-refractivity contribution in [2.45, 2.75) is 0 Å². The van der Waals surface area contributed by atoms with Gasteiger partial charge < -0.3 is 14.0 Å². The Labute approximate surface area is 439 Å². The van der Waals surface area contributed by atoms with Gasteiger partial charge in [0.25, 0.3) is 0 Å². The van der Waals surface area contributed by atoms with E-state index < -0.39 is 0 Å². The van der Waals surface area contributed by atoms with E-state index in [4.69, 9.17) is 0 Å². The Morgan fingerprint density at radius 3 is 1.20 bits per heavy atom. The van der Waals surface area contributed by atoms with E-state index in [-0.39, 0.29) is 0 Å². The van der Waals surface area contributed by atoms with E-state index in [0.717, 1.165) is 27.8 Å². The zero-order chi connectivity index (χ0) is 48.7. The number of rotatable bonds is 9. The quantitative estimate of drug-likeness (QED) is 0.140. The summed E-state index contributed by atoms with van der Waals surface area (Å²) in [5.41, 5.74) is 19.1. The second-order valence-corrected chi connectivity index (χ2v) is 21.9. The number of fused-ring (bicyclic) bond motifs is 9.